The Hall–Kier alpha value is -0.780. The summed E-state index contributed by atoms with van der Waals surface area (Å²) in [5, 5.41) is 13.0. The number of aromatic nitrogens is 1. The summed E-state index contributed by atoms with van der Waals surface area (Å²) in [5.41, 5.74) is 1.76. The van der Waals surface area contributed by atoms with Crippen molar-refractivity contribution in [3.63, 3.8) is 0 Å². The molecule has 1 aromatic carbocycles. The molecule has 0 saturated carbocycles. The van der Waals surface area contributed by atoms with Crippen LogP contribution in [-0.2, 0) is 6.54 Å². The quantitative estimate of drug-likeness (QED) is 0.828. The number of halogens is 2. The number of anilines is 1. The number of benzene rings is 1. The van der Waals surface area contributed by atoms with Crippen LogP contribution in [0.15, 0.2) is 22.8 Å². The first-order chi connectivity index (χ1) is 8.06. The van der Waals surface area contributed by atoms with E-state index >= 15 is 0 Å². The number of hydrogen-bond donors (Lipinski definition) is 2. The second-order valence-electron chi connectivity index (χ2n) is 3.58. The number of thiazole rings is 1. The van der Waals surface area contributed by atoms with E-state index in [1.165, 1.54) is 11.3 Å². The molecule has 0 spiro atoms. The molecule has 0 bridgehead atoms. The van der Waals surface area contributed by atoms with Crippen LogP contribution < -0.4 is 5.32 Å². The minimum atomic E-state index is 0.214. The number of phenols is 1. The predicted octanol–water partition coefficient (Wildman–Crippen LogP) is 4.19. The average molecular weight is 334 g/mol. The van der Waals surface area contributed by atoms with Gasteiger partial charge in [-0.25, -0.2) is 4.98 Å². The highest BCUT2D eigenvalue weighted by Crippen LogP contribution is 2.33. The van der Waals surface area contributed by atoms with Gasteiger partial charge in [-0.3, -0.25) is 0 Å². The maximum absolute atomic E-state index is 9.86. The van der Waals surface area contributed by atoms with Crippen LogP contribution >= 0.6 is 38.9 Å². The van der Waals surface area contributed by atoms with Crippen molar-refractivity contribution >= 4 is 44.6 Å². The molecule has 0 fully saturated rings. The van der Waals surface area contributed by atoms with Gasteiger partial charge in [-0.15, -0.1) is 11.3 Å². The zero-order valence-corrected chi connectivity index (χ0v) is 12.2. The molecule has 90 valence electrons. The minimum Gasteiger partial charge on any atom is -0.505 e. The third kappa shape index (κ3) is 3.12. The molecular weight excluding hydrogens is 324 g/mol. The number of rotatable bonds is 3. The Kier molecular flexibility index (Phi) is 3.91. The smallest absolute Gasteiger partial charge is 0.183 e. The maximum atomic E-state index is 9.86. The second-order valence-corrected chi connectivity index (χ2v) is 6.13. The standard InChI is InChI=1S/C11H10BrClN2OS/c1-6-2-8(12)10(16)9(3-6)14-4-7-5-15-11(13)17-7/h2-3,5,14,16H,4H2,1H3. The van der Waals surface area contributed by atoms with Crippen LogP contribution in [0.1, 0.15) is 10.4 Å². The molecule has 0 aliphatic carbocycles. The molecule has 0 saturated heterocycles. The fraction of sp³-hybridized carbons (Fsp3) is 0.182. The monoisotopic (exact) mass is 332 g/mol. The van der Waals surface area contributed by atoms with Crippen LogP contribution in [0.2, 0.25) is 4.47 Å². The van der Waals surface area contributed by atoms with Gasteiger partial charge >= 0.3 is 0 Å². The van der Waals surface area contributed by atoms with Crippen molar-refractivity contribution in [1.29, 1.82) is 0 Å². The second kappa shape index (κ2) is 5.25. The Morgan fingerprint density at radius 1 is 1.53 bits per heavy atom. The molecule has 1 heterocycles. The first-order valence-corrected chi connectivity index (χ1v) is 6.88. The Morgan fingerprint density at radius 2 is 2.29 bits per heavy atom. The molecule has 17 heavy (non-hydrogen) atoms. The highest BCUT2D eigenvalue weighted by molar-refractivity contribution is 9.10. The van der Waals surface area contributed by atoms with Crippen LogP contribution in [0.25, 0.3) is 0 Å². The topological polar surface area (TPSA) is 45.1 Å². The van der Waals surface area contributed by atoms with Gasteiger partial charge in [0, 0.05) is 11.1 Å². The van der Waals surface area contributed by atoms with Gasteiger partial charge in [-0.05, 0) is 40.5 Å². The number of phenolic OH excluding ortho intramolecular Hbond substituents is 1. The van der Waals surface area contributed by atoms with Gasteiger partial charge in [0.25, 0.3) is 0 Å². The van der Waals surface area contributed by atoms with Crippen molar-refractivity contribution < 1.29 is 5.11 Å². The lowest BCUT2D eigenvalue weighted by Gasteiger charge is -2.09. The van der Waals surface area contributed by atoms with Crippen LogP contribution in [0.3, 0.4) is 0 Å². The summed E-state index contributed by atoms with van der Waals surface area (Å²) < 4.78 is 1.21. The zero-order valence-electron chi connectivity index (χ0n) is 9.00. The van der Waals surface area contributed by atoms with Crippen LogP contribution in [0.4, 0.5) is 5.69 Å². The van der Waals surface area contributed by atoms with E-state index in [0.29, 0.717) is 21.2 Å². The number of nitrogens with one attached hydrogen (secondary N) is 1. The largest absolute Gasteiger partial charge is 0.505 e. The predicted molar refractivity (Wildman–Crippen MR) is 75.0 cm³/mol. The normalized spacial score (nSPS) is 10.5. The van der Waals surface area contributed by atoms with E-state index in [2.05, 4.69) is 26.2 Å². The van der Waals surface area contributed by atoms with Gasteiger partial charge in [-0.2, -0.15) is 0 Å². The van der Waals surface area contributed by atoms with E-state index in [9.17, 15) is 5.11 Å². The summed E-state index contributed by atoms with van der Waals surface area (Å²) in [4.78, 5) is 4.98. The van der Waals surface area contributed by atoms with Crippen molar-refractivity contribution in [2.75, 3.05) is 5.32 Å². The molecule has 0 unspecified atom stereocenters. The third-order valence-electron chi connectivity index (χ3n) is 2.19. The van der Waals surface area contributed by atoms with E-state index in [1.54, 1.807) is 6.20 Å². The van der Waals surface area contributed by atoms with Crippen molar-refractivity contribution in [2.45, 2.75) is 13.5 Å². The summed E-state index contributed by atoms with van der Waals surface area (Å²) in [6, 6.07) is 3.76. The third-order valence-corrected chi connectivity index (χ3v) is 3.91. The van der Waals surface area contributed by atoms with Crippen molar-refractivity contribution in [3.8, 4) is 5.75 Å². The Bertz CT molecular complexity index is 544. The lowest BCUT2D eigenvalue weighted by Crippen LogP contribution is -1.98. The Morgan fingerprint density at radius 3 is 2.94 bits per heavy atom. The van der Waals surface area contributed by atoms with Crippen molar-refractivity contribution in [3.05, 3.63) is 37.7 Å². The molecule has 6 heteroatoms. The molecule has 0 aliphatic heterocycles. The molecule has 3 nitrogen and oxygen atoms in total. The highest BCUT2D eigenvalue weighted by atomic mass is 79.9. The minimum absolute atomic E-state index is 0.214. The fourth-order valence-electron chi connectivity index (χ4n) is 1.42. The summed E-state index contributed by atoms with van der Waals surface area (Å²) in [6.07, 6.45) is 1.72. The summed E-state index contributed by atoms with van der Waals surface area (Å²) in [7, 11) is 0. The first kappa shape index (κ1) is 12.7. The SMILES string of the molecule is Cc1cc(Br)c(O)c(NCc2cnc(Cl)s2)c1. The molecule has 0 amide bonds. The number of hydrogen-bond acceptors (Lipinski definition) is 4. The van der Waals surface area contributed by atoms with Gasteiger partial charge in [-0.1, -0.05) is 11.6 Å². The van der Waals surface area contributed by atoms with Crippen LogP contribution in [-0.4, -0.2) is 10.1 Å². The Labute approximate surface area is 117 Å². The zero-order chi connectivity index (χ0) is 12.4. The molecule has 0 atom stereocenters. The molecule has 0 radical (unpaired) electrons. The van der Waals surface area contributed by atoms with E-state index in [4.69, 9.17) is 11.6 Å². The van der Waals surface area contributed by atoms with Crippen LogP contribution in [0.5, 0.6) is 5.75 Å². The lowest BCUT2D eigenvalue weighted by atomic mass is 10.2. The van der Waals surface area contributed by atoms with Gasteiger partial charge in [0.1, 0.15) is 0 Å². The van der Waals surface area contributed by atoms with Crippen LogP contribution in [0, 0.1) is 6.92 Å². The van der Waals surface area contributed by atoms with E-state index in [-0.39, 0.29) is 5.75 Å². The number of nitrogens with zero attached hydrogens (tertiary/aromatic N) is 1. The number of aromatic hydroxyl groups is 1. The summed E-state index contributed by atoms with van der Waals surface area (Å²) in [5.74, 6) is 0.214. The maximum Gasteiger partial charge on any atom is 0.183 e. The lowest BCUT2D eigenvalue weighted by molar-refractivity contribution is 0.473. The molecule has 2 aromatic rings. The Balaban J connectivity index is 2.14. The van der Waals surface area contributed by atoms with Gasteiger partial charge in [0.2, 0.25) is 0 Å². The van der Waals surface area contributed by atoms with E-state index in [1.807, 2.05) is 19.1 Å². The summed E-state index contributed by atoms with van der Waals surface area (Å²) >= 11 is 10.5. The van der Waals surface area contributed by atoms with Gasteiger partial charge in [0.05, 0.1) is 16.7 Å². The molecule has 0 aliphatic rings. The highest BCUT2D eigenvalue weighted by Gasteiger charge is 2.07. The van der Waals surface area contributed by atoms with Gasteiger partial charge in [0.15, 0.2) is 10.2 Å². The molecular formula is C11H10BrClN2OS. The first-order valence-electron chi connectivity index (χ1n) is 4.89. The molecule has 1 aromatic heterocycles. The average Bonchev–Trinajstić information content (AvgIpc) is 2.67. The van der Waals surface area contributed by atoms with Gasteiger partial charge < -0.3 is 10.4 Å². The molecule has 2 N–H and O–H groups in total. The number of aryl methyl sites for hydroxylation is 1. The molecule has 2 rings (SSSR count). The van der Waals surface area contributed by atoms with E-state index in [0.717, 1.165) is 10.4 Å². The van der Waals surface area contributed by atoms with E-state index < -0.39 is 0 Å². The summed E-state index contributed by atoms with van der Waals surface area (Å²) in [6.45, 7) is 2.56. The fourth-order valence-corrected chi connectivity index (χ4v) is 2.91. The van der Waals surface area contributed by atoms with Crippen molar-refractivity contribution in [2.24, 2.45) is 0 Å². The van der Waals surface area contributed by atoms with Crippen molar-refractivity contribution in [1.82, 2.24) is 4.98 Å².